The highest BCUT2D eigenvalue weighted by atomic mass is 32.2. The molecule has 1 aliphatic carbocycles. The molecule has 1 rings (SSSR count). The second-order valence-electron chi connectivity index (χ2n) is 5.44. The van der Waals surface area contributed by atoms with Gasteiger partial charge in [-0.1, -0.05) is 19.3 Å². The summed E-state index contributed by atoms with van der Waals surface area (Å²) in [5, 5.41) is 9.67. The Bertz CT molecular complexity index is 192. The molecule has 96 valence electrons. The van der Waals surface area contributed by atoms with Crippen LogP contribution in [0, 0.1) is 5.41 Å². The van der Waals surface area contributed by atoms with Crippen molar-refractivity contribution in [2.45, 2.75) is 45.1 Å². The third-order valence-electron chi connectivity index (χ3n) is 3.99. The highest BCUT2D eigenvalue weighted by molar-refractivity contribution is 7.98. The molecule has 2 nitrogen and oxygen atoms in total. The lowest BCUT2D eigenvalue weighted by Gasteiger charge is -2.40. The van der Waals surface area contributed by atoms with Crippen molar-refractivity contribution in [3.63, 3.8) is 0 Å². The van der Waals surface area contributed by atoms with Gasteiger partial charge in [0.2, 0.25) is 0 Å². The normalized spacial score (nSPS) is 22.3. The molecule has 0 heterocycles. The van der Waals surface area contributed by atoms with Gasteiger partial charge in [0, 0.05) is 30.4 Å². The van der Waals surface area contributed by atoms with Crippen LogP contribution in [0.25, 0.3) is 0 Å². The SMILES string of the molecule is CSCC(C)N(C)CC1(CO)CCCCC1. The quantitative estimate of drug-likeness (QED) is 0.778. The van der Waals surface area contributed by atoms with Crippen LogP contribution in [0.1, 0.15) is 39.0 Å². The summed E-state index contributed by atoms with van der Waals surface area (Å²) in [5.74, 6) is 1.18. The van der Waals surface area contributed by atoms with Gasteiger partial charge in [-0.25, -0.2) is 0 Å². The Morgan fingerprint density at radius 2 is 1.94 bits per heavy atom. The topological polar surface area (TPSA) is 23.5 Å². The highest BCUT2D eigenvalue weighted by Gasteiger charge is 2.33. The van der Waals surface area contributed by atoms with E-state index in [1.165, 1.54) is 37.9 Å². The molecule has 3 heteroatoms. The third-order valence-corrected chi connectivity index (χ3v) is 4.81. The lowest BCUT2D eigenvalue weighted by atomic mass is 9.74. The maximum absolute atomic E-state index is 9.67. The van der Waals surface area contributed by atoms with Crippen LogP contribution in [-0.4, -0.2) is 48.3 Å². The summed E-state index contributed by atoms with van der Waals surface area (Å²) in [6.07, 6.45) is 8.52. The predicted molar refractivity (Wildman–Crippen MR) is 73.1 cm³/mol. The van der Waals surface area contributed by atoms with Gasteiger partial charge < -0.3 is 10.0 Å². The van der Waals surface area contributed by atoms with Gasteiger partial charge >= 0.3 is 0 Å². The summed E-state index contributed by atoms with van der Waals surface area (Å²) < 4.78 is 0. The first-order valence-electron chi connectivity index (χ1n) is 6.43. The average Bonchev–Trinajstić information content (AvgIpc) is 2.30. The molecule has 0 bridgehead atoms. The number of nitrogens with zero attached hydrogens (tertiary/aromatic N) is 1. The molecule has 0 aromatic carbocycles. The van der Waals surface area contributed by atoms with Gasteiger partial charge in [0.1, 0.15) is 0 Å². The van der Waals surface area contributed by atoms with E-state index in [1.54, 1.807) is 0 Å². The van der Waals surface area contributed by atoms with E-state index in [0.717, 1.165) is 6.54 Å². The van der Waals surface area contributed by atoms with Crippen LogP contribution in [0.5, 0.6) is 0 Å². The predicted octanol–water partition coefficient (Wildman–Crippen LogP) is 2.61. The van der Waals surface area contributed by atoms with Gasteiger partial charge in [-0.15, -0.1) is 0 Å². The van der Waals surface area contributed by atoms with Crippen molar-refractivity contribution in [3.05, 3.63) is 0 Å². The number of aliphatic hydroxyl groups excluding tert-OH is 1. The molecular formula is C13H27NOS. The minimum atomic E-state index is 0.194. The van der Waals surface area contributed by atoms with Crippen LogP contribution in [0.4, 0.5) is 0 Å². The van der Waals surface area contributed by atoms with Gasteiger partial charge in [-0.3, -0.25) is 0 Å². The zero-order valence-corrected chi connectivity index (χ0v) is 11.9. The fourth-order valence-electron chi connectivity index (χ4n) is 2.72. The Labute approximate surface area is 105 Å². The van der Waals surface area contributed by atoms with E-state index in [2.05, 4.69) is 25.1 Å². The first-order chi connectivity index (χ1) is 7.63. The van der Waals surface area contributed by atoms with Crippen LogP contribution in [-0.2, 0) is 0 Å². The minimum Gasteiger partial charge on any atom is -0.396 e. The van der Waals surface area contributed by atoms with E-state index >= 15 is 0 Å². The number of rotatable bonds is 6. The van der Waals surface area contributed by atoms with Crippen LogP contribution < -0.4 is 0 Å². The molecule has 0 spiro atoms. The number of aliphatic hydroxyl groups is 1. The lowest BCUT2D eigenvalue weighted by Crippen LogP contribution is -2.44. The number of thioether (sulfide) groups is 1. The van der Waals surface area contributed by atoms with E-state index in [4.69, 9.17) is 0 Å². The van der Waals surface area contributed by atoms with E-state index in [1.807, 2.05) is 11.8 Å². The molecule has 0 aromatic rings. The van der Waals surface area contributed by atoms with E-state index in [9.17, 15) is 5.11 Å². The van der Waals surface area contributed by atoms with Crippen molar-refractivity contribution >= 4 is 11.8 Å². The molecule has 1 atom stereocenters. The zero-order valence-electron chi connectivity index (χ0n) is 11.0. The molecule has 0 aromatic heterocycles. The van der Waals surface area contributed by atoms with Crippen molar-refractivity contribution in [1.29, 1.82) is 0 Å². The summed E-state index contributed by atoms with van der Waals surface area (Å²) >= 11 is 1.90. The Morgan fingerprint density at radius 3 is 2.44 bits per heavy atom. The molecule has 1 N–H and O–H groups in total. The molecule has 1 aliphatic rings. The fourth-order valence-corrected chi connectivity index (χ4v) is 3.46. The van der Waals surface area contributed by atoms with Crippen LogP contribution in [0.15, 0.2) is 0 Å². The number of hydrogen-bond donors (Lipinski definition) is 1. The molecule has 0 saturated heterocycles. The second-order valence-corrected chi connectivity index (χ2v) is 6.35. The molecule has 0 aliphatic heterocycles. The molecule has 16 heavy (non-hydrogen) atoms. The summed E-state index contributed by atoms with van der Waals surface area (Å²) in [6, 6.07) is 0.611. The number of hydrogen-bond acceptors (Lipinski definition) is 3. The highest BCUT2D eigenvalue weighted by Crippen LogP contribution is 2.36. The maximum atomic E-state index is 9.67. The van der Waals surface area contributed by atoms with Crippen LogP contribution in [0.2, 0.25) is 0 Å². The lowest BCUT2D eigenvalue weighted by molar-refractivity contribution is 0.0406. The van der Waals surface area contributed by atoms with E-state index in [-0.39, 0.29) is 5.41 Å². The standard InChI is InChI=1S/C13H27NOS/c1-12(9-16-3)14(2)10-13(11-15)7-5-4-6-8-13/h12,15H,4-11H2,1-3H3. The maximum Gasteiger partial charge on any atom is 0.0499 e. The van der Waals surface area contributed by atoms with Crippen LogP contribution >= 0.6 is 11.8 Å². The summed E-state index contributed by atoms with van der Waals surface area (Å²) in [5.41, 5.74) is 0.194. The fraction of sp³-hybridized carbons (Fsp3) is 1.00. The smallest absolute Gasteiger partial charge is 0.0499 e. The molecule has 0 amide bonds. The zero-order chi connectivity index (χ0) is 12.0. The third kappa shape index (κ3) is 3.94. The second kappa shape index (κ2) is 6.87. The van der Waals surface area contributed by atoms with Crippen molar-refractivity contribution in [2.75, 3.05) is 32.2 Å². The first-order valence-corrected chi connectivity index (χ1v) is 7.83. The molecule has 1 unspecified atom stereocenters. The molecule has 0 radical (unpaired) electrons. The monoisotopic (exact) mass is 245 g/mol. The van der Waals surface area contributed by atoms with Crippen molar-refractivity contribution in [2.24, 2.45) is 5.41 Å². The Balaban J connectivity index is 2.48. The first kappa shape index (κ1) is 14.3. The Kier molecular flexibility index (Phi) is 6.16. The van der Waals surface area contributed by atoms with E-state index in [0.29, 0.717) is 12.6 Å². The van der Waals surface area contributed by atoms with Gasteiger partial charge in [-0.2, -0.15) is 11.8 Å². The van der Waals surface area contributed by atoms with Gasteiger partial charge in [0.25, 0.3) is 0 Å². The summed E-state index contributed by atoms with van der Waals surface area (Å²) in [4.78, 5) is 2.43. The van der Waals surface area contributed by atoms with Gasteiger partial charge in [-0.05, 0) is 33.1 Å². The molecular weight excluding hydrogens is 218 g/mol. The van der Waals surface area contributed by atoms with Crippen molar-refractivity contribution in [1.82, 2.24) is 4.90 Å². The Morgan fingerprint density at radius 1 is 1.31 bits per heavy atom. The van der Waals surface area contributed by atoms with Gasteiger partial charge in [0.05, 0.1) is 0 Å². The minimum absolute atomic E-state index is 0.194. The van der Waals surface area contributed by atoms with Gasteiger partial charge in [0.15, 0.2) is 0 Å². The summed E-state index contributed by atoms with van der Waals surface area (Å²) in [7, 11) is 2.20. The average molecular weight is 245 g/mol. The molecule has 1 saturated carbocycles. The van der Waals surface area contributed by atoms with Crippen molar-refractivity contribution in [3.8, 4) is 0 Å². The van der Waals surface area contributed by atoms with E-state index < -0.39 is 0 Å². The van der Waals surface area contributed by atoms with Crippen LogP contribution in [0.3, 0.4) is 0 Å². The Hall–Kier alpha value is 0.270. The largest absolute Gasteiger partial charge is 0.396 e. The van der Waals surface area contributed by atoms with Crippen molar-refractivity contribution < 1.29 is 5.11 Å². The molecule has 1 fully saturated rings. The summed E-state index contributed by atoms with van der Waals surface area (Å²) in [6.45, 7) is 3.71.